The molecule has 0 fully saturated rings. The molecule has 0 saturated heterocycles. The van der Waals surface area contributed by atoms with Gasteiger partial charge in [-0.25, -0.2) is 0 Å². The first-order chi connectivity index (χ1) is 9.24. The maximum absolute atomic E-state index is 11.1. The van der Waals surface area contributed by atoms with E-state index >= 15 is 0 Å². The maximum atomic E-state index is 11.1. The molecule has 5 heteroatoms. The predicted octanol–water partition coefficient (Wildman–Crippen LogP) is 4.27. The second-order valence-electron chi connectivity index (χ2n) is 3.98. The van der Waals surface area contributed by atoms with Crippen LogP contribution in [0.1, 0.15) is 6.92 Å². The lowest BCUT2D eigenvalue weighted by Crippen LogP contribution is -1.97. The molecule has 3 rings (SSSR count). The van der Waals surface area contributed by atoms with Crippen LogP contribution in [0.25, 0.3) is 21.9 Å². The highest BCUT2D eigenvalue weighted by atomic mass is 31.1. The molecular weight excluding hydrogens is 263 g/mol. The van der Waals surface area contributed by atoms with E-state index in [0.29, 0.717) is 11.2 Å². The minimum absolute atomic E-state index is 0.428. The normalized spacial score (nSPS) is 10.6. The highest BCUT2D eigenvalue weighted by molar-refractivity contribution is 7.32. The van der Waals surface area contributed by atoms with E-state index in [2.05, 4.69) is 0 Å². The Bertz CT molecular complexity index is 733. The lowest BCUT2D eigenvalue weighted by Gasteiger charge is -1.94. The lowest BCUT2D eigenvalue weighted by molar-refractivity contribution is -0.128. The van der Waals surface area contributed by atoms with Crippen LogP contribution in [0.2, 0.25) is 0 Å². The summed E-state index contributed by atoms with van der Waals surface area (Å²) in [6, 6.07) is 15.2. The Morgan fingerprint density at radius 2 is 1.42 bits per heavy atom. The Kier molecular flexibility index (Phi) is 3.02. The van der Waals surface area contributed by atoms with Gasteiger partial charge in [0.05, 0.1) is 0 Å². The van der Waals surface area contributed by atoms with Gasteiger partial charge in [0, 0.05) is 17.7 Å². The molecule has 0 atom stereocenters. The fraction of sp³-hybridized carbons (Fsp3) is 0.0714. The van der Waals surface area contributed by atoms with Crippen LogP contribution in [0.15, 0.2) is 56.9 Å². The summed E-state index contributed by atoms with van der Waals surface area (Å²) in [5.41, 5.74) is 1.31. The zero-order chi connectivity index (χ0) is 13.2. The largest absolute Gasteiger partial charge is 0.455 e. The minimum atomic E-state index is -1.76. The first kappa shape index (κ1) is 11.9. The third-order valence-electron chi connectivity index (χ3n) is 2.61. The molecule has 0 spiro atoms. The molecule has 0 unspecified atom stereocenters. The summed E-state index contributed by atoms with van der Waals surface area (Å²) in [4.78, 5) is 11.1. The van der Waals surface area contributed by atoms with Crippen molar-refractivity contribution in [3.63, 3.8) is 0 Å². The molecule has 0 bridgehead atoms. The summed E-state index contributed by atoms with van der Waals surface area (Å²) in [5.74, 6) is -0.428. The molecule has 19 heavy (non-hydrogen) atoms. The molecule has 2 aromatic carbocycles. The van der Waals surface area contributed by atoms with Gasteiger partial charge in [-0.2, -0.15) is 0 Å². The van der Waals surface area contributed by atoms with Gasteiger partial charge in [0.25, 0.3) is 0 Å². The Labute approximate surface area is 110 Å². The molecule has 0 amide bonds. The first-order valence-electron chi connectivity index (χ1n) is 5.77. The number of benzene rings is 2. The van der Waals surface area contributed by atoms with Gasteiger partial charge in [0.2, 0.25) is 0 Å². The van der Waals surface area contributed by atoms with E-state index in [1.54, 1.807) is 0 Å². The molecule has 1 heterocycles. The van der Waals surface area contributed by atoms with Gasteiger partial charge in [-0.1, -0.05) is 36.4 Å². The van der Waals surface area contributed by atoms with Crippen molar-refractivity contribution in [3.8, 4) is 0 Å². The summed E-state index contributed by atoms with van der Waals surface area (Å²) < 4.78 is 16.4. The van der Waals surface area contributed by atoms with Crippen LogP contribution >= 0.6 is 8.24 Å². The van der Waals surface area contributed by atoms with Crippen LogP contribution in [-0.4, -0.2) is 5.97 Å². The van der Waals surface area contributed by atoms with Gasteiger partial charge < -0.3 is 12.9 Å². The van der Waals surface area contributed by atoms with Crippen molar-refractivity contribution in [2.75, 3.05) is 0 Å². The fourth-order valence-electron chi connectivity index (χ4n) is 1.86. The molecule has 0 aliphatic heterocycles. The second kappa shape index (κ2) is 4.82. The van der Waals surface area contributed by atoms with E-state index in [9.17, 15) is 4.79 Å². The highest BCUT2D eigenvalue weighted by Gasteiger charge is 2.08. The third kappa shape index (κ3) is 2.35. The first-order valence-corrected chi connectivity index (χ1v) is 6.86. The number of hydrogen-bond acceptors (Lipinski definition) is 4. The van der Waals surface area contributed by atoms with E-state index in [1.807, 2.05) is 48.5 Å². The SMILES string of the molecule is CC(=O)Op1oc2ccccc2c2ccccc2o1. The summed E-state index contributed by atoms with van der Waals surface area (Å²) in [6.07, 6.45) is 0. The molecular formula is C14H11O4P. The Hall–Kier alpha value is -2.19. The van der Waals surface area contributed by atoms with Crippen LogP contribution in [0.3, 0.4) is 0 Å². The van der Waals surface area contributed by atoms with Crippen molar-refractivity contribution < 1.29 is 17.7 Å². The van der Waals surface area contributed by atoms with Gasteiger partial charge in [-0.05, 0) is 12.1 Å². The molecule has 96 valence electrons. The van der Waals surface area contributed by atoms with Crippen molar-refractivity contribution >= 4 is 36.1 Å². The molecule has 1 aromatic heterocycles. The average Bonchev–Trinajstić information content (AvgIpc) is 2.54. The maximum Gasteiger partial charge on any atom is 0.455 e. The number of carbonyl (C=O) groups is 1. The Balaban J connectivity index is 2.44. The zero-order valence-corrected chi connectivity index (χ0v) is 11.1. The monoisotopic (exact) mass is 274 g/mol. The Morgan fingerprint density at radius 3 is 1.89 bits per heavy atom. The molecule has 4 nitrogen and oxygen atoms in total. The van der Waals surface area contributed by atoms with E-state index in [4.69, 9.17) is 12.9 Å². The summed E-state index contributed by atoms with van der Waals surface area (Å²) in [5, 5.41) is 1.85. The van der Waals surface area contributed by atoms with Crippen LogP contribution in [-0.2, 0) is 4.79 Å². The smallest absolute Gasteiger partial charge is 0.390 e. The molecule has 0 N–H and O–H groups in total. The lowest BCUT2D eigenvalue weighted by atomic mass is 10.1. The summed E-state index contributed by atoms with van der Waals surface area (Å²) >= 11 is 0. The third-order valence-corrected chi connectivity index (χ3v) is 3.71. The van der Waals surface area contributed by atoms with Crippen molar-refractivity contribution in [1.29, 1.82) is 0 Å². The van der Waals surface area contributed by atoms with Gasteiger partial charge in [-0.15, -0.1) is 0 Å². The van der Waals surface area contributed by atoms with E-state index < -0.39 is 14.2 Å². The second-order valence-corrected chi connectivity index (χ2v) is 4.98. The molecule has 3 aromatic rings. The van der Waals surface area contributed by atoms with Crippen molar-refractivity contribution in [3.05, 3.63) is 48.5 Å². The number of fused-ring (bicyclic) bond motifs is 3. The van der Waals surface area contributed by atoms with E-state index in [-0.39, 0.29) is 0 Å². The standard InChI is InChI=1S/C14H11O4P/c1-10(15)16-19-17-13-8-4-2-6-11(13)12-7-3-5-9-14(12)18-19/h2-9H,1H3. The van der Waals surface area contributed by atoms with Gasteiger partial charge in [0.15, 0.2) is 0 Å². The number of hydrogen-bond donors (Lipinski definition) is 0. The van der Waals surface area contributed by atoms with E-state index in [0.717, 1.165) is 10.8 Å². The number of rotatable bonds is 1. The predicted molar refractivity (Wildman–Crippen MR) is 73.6 cm³/mol. The molecule has 0 aliphatic rings. The number of para-hydroxylation sites is 2. The average molecular weight is 274 g/mol. The molecule has 0 aliphatic carbocycles. The van der Waals surface area contributed by atoms with Crippen LogP contribution in [0, 0.1) is 0 Å². The quantitative estimate of drug-likeness (QED) is 0.665. The van der Waals surface area contributed by atoms with Crippen molar-refractivity contribution in [1.82, 2.24) is 0 Å². The van der Waals surface area contributed by atoms with Crippen LogP contribution in [0.5, 0.6) is 0 Å². The molecule has 0 radical (unpaired) electrons. The molecule has 0 saturated carbocycles. The topological polar surface area (TPSA) is 52.6 Å². The highest BCUT2D eigenvalue weighted by Crippen LogP contribution is 2.33. The van der Waals surface area contributed by atoms with Crippen molar-refractivity contribution in [2.24, 2.45) is 0 Å². The van der Waals surface area contributed by atoms with Gasteiger partial charge >= 0.3 is 14.2 Å². The fourth-order valence-corrected chi connectivity index (χ4v) is 2.82. The summed E-state index contributed by atoms with van der Waals surface area (Å²) in [7, 11) is -1.76. The number of carbonyl (C=O) groups excluding carboxylic acids is 1. The Morgan fingerprint density at radius 1 is 0.947 bits per heavy atom. The van der Waals surface area contributed by atoms with E-state index in [1.165, 1.54) is 6.92 Å². The van der Waals surface area contributed by atoms with Crippen molar-refractivity contribution in [2.45, 2.75) is 6.92 Å². The summed E-state index contributed by atoms with van der Waals surface area (Å²) in [6.45, 7) is 1.33. The van der Waals surface area contributed by atoms with Gasteiger partial charge in [0.1, 0.15) is 11.2 Å². The van der Waals surface area contributed by atoms with Crippen LogP contribution in [0.4, 0.5) is 0 Å². The van der Waals surface area contributed by atoms with Gasteiger partial charge in [-0.3, -0.25) is 4.79 Å². The zero-order valence-electron chi connectivity index (χ0n) is 10.2. The minimum Gasteiger partial charge on any atom is -0.390 e. The van der Waals surface area contributed by atoms with Crippen LogP contribution < -0.4 is 4.52 Å².